The first-order valence-electron chi connectivity index (χ1n) is 6.41. The summed E-state index contributed by atoms with van der Waals surface area (Å²) in [6.07, 6.45) is 4.09. The second-order valence-electron chi connectivity index (χ2n) is 6.43. The highest BCUT2D eigenvalue weighted by atomic mass is 16.2. The molecule has 4 heteroatoms. The van der Waals surface area contributed by atoms with Crippen LogP contribution in [0.5, 0.6) is 0 Å². The highest BCUT2D eigenvalue weighted by Crippen LogP contribution is 2.49. The predicted octanol–water partition coefficient (Wildman–Crippen LogP) is 1.29. The minimum Gasteiger partial charge on any atom is -0.330 e. The molecule has 1 aliphatic heterocycles. The van der Waals surface area contributed by atoms with Crippen molar-refractivity contribution < 1.29 is 9.59 Å². The zero-order chi connectivity index (χ0) is 12.7. The van der Waals surface area contributed by atoms with Gasteiger partial charge in [0.25, 0.3) is 0 Å². The van der Waals surface area contributed by atoms with Crippen LogP contribution in [0.4, 0.5) is 0 Å². The van der Waals surface area contributed by atoms with Crippen molar-refractivity contribution in [2.45, 2.75) is 46.0 Å². The molecule has 96 valence electrons. The van der Waals surface area contributed by atoms with E-state index in [1.165, 1.54) is 4.90 Å². The summed E-state index contributed by atoms with van der Waals surface area (Å²) >= 11 is 0. The molecule has 0 spiro atoms. The molecule has 1 heterocycles. The zero-order valence-electron chi connectivity index (χ0n) is 10.8. The lowest BCUT2D eigenvalue weighted by molar-refractivity contribution is -0.153. The molecule has 0 radical (unpaired) electrons. The summed E-state index contributed by atoms with van der Waals surface area (Å²) in [6, 6.07) is 0. The standard InChI is InChI=1S/C13H22N2O2/c1-12(2)7-10(16)15(11(17)8-12)9-13(3-4-13)5-6-14/h3-9,14H2,1-2H3. The summed E-state index contributed by atoms with van der Waals surface area (Å²) in [4.78, 5) is 25.5. The molecule has 1 aliphatic carbocycles. The van der Waals surface area contributed by atoms with Gasteiger partial charge >= 0.3 is 0 Å². The normalized spacial score (nSPS) is 26.2. The van der Waals surface area contributed by atoms with Gasteiger partial charge in [0.15, 0.2) is 0 Å². The van der Waals surface area contributed by atoms with Crippen LogP contribution in [0.1, 0.15) is 46.0 Å². The Morgan fingerprint density at radius 1 is 1.18 bits per heavy atom. The second kappa shape index (κ2) is 4.09. The van der Waals surface area contributed by atoms with Crippen LogP contribution in [-0.4, -0.2) is 29.8 Å². The van der Waals surface area contributed by atoms with Gasteiger partial charge in [-0.2, -0.15) is 0 Å². The van der Waals surface area contributed by atoms with E-state index in [1.807, 2.05) is 13.8 Å². The van der Waals surface area contributed by atoms with Crippen molar-refractivity contribution in [2.75, 3.05) is 13.1 Å². The number of hydrogen-bond donors (Lipinski definition) is 1. The molecule has 2 fully saturated rings. The Labute approximate surface area is 103 Å². The number of likely N-dealkylation sites (tertiary alicyclic amines) is 1. The van der Waals surface area contributed by atoms with Crippen molar-refractivity contribution >= 4 is 11.8 Å². The topological polar surface area (TPSA) is 63.4 Å². The monoisotopic (exact) mass is 238 g/mol. The average Bonchev–Trinajstić information content (AvgIpc) is 2.91. The molecule has 2 aliphatic rings. The highest BCUT2D eigenvalue weighted by Gasteiger charge is 2.47. The fraction of sp³-hybridized carbons (Fsp3) is 0.846. The molecular formula is C13H22N2O2. The van der Waals surface area contributed by atoms with Gasteiger partial charge in [-0.15, -0.1) is 0 Å². The Hall–Kier alpha value is -0.900. The van der Waals surface area contributed by atoms with Gasteiger partial charge in [0.2, 0.25) is 11.8 Å². The van der Waals surface area contributed by atoms with E-state index in [4.69, 9.17) is 5.73 Å². The van der Waals surface area contributed by atoms with Gasteiger partial charge in [-0.3, -0.25) is 14.5 Å². The fourth-order valence-electron chi connectivity index (χ4n) is 2.69. The Bertz CT molecular complexity index is 325. The van der Waals surface area contributed by atoms with E-state index in [0.717, 1.165) is 19.3 Å². The average molecular weight is 238 g/mol. The molecule has 4 nitrogen and oxygen atoms in total. The number of hydrogen-bond acceptors (Lipinski definition) is 3. The lowest BCUT2D eigenvalue weighted by Crippen LogP contribution is -2.48. The predicted molar refractivity (Wildman–Crippen MR) is 65.1 cm³/mol. The maximum Gasteiger partial charge on any atom is 0.229 e. The molecule has 2 rings (SSSR count). The van der Waals surface area contributed by atoms with Crippen molar-refractivity contribution in [3.63, 3.8) is 0 Å². The van der Waals surface area contributed by atoms with Crippen molar-refractivity contribution in [3.8, 4) is 0 Å². The Morgan fingerprint density at radius 3 is 2.12 bits per heavy atom. The summed E-state index contributed by atoms with van der Waals surface area (Å²) in [7, 11) is 0. The van der Waals surface area contributed by atoms with Gasteiger partial charge < -0.3 is 5.73 Å². The lowest BCUT2D eigenvalue weighted by atomic mass is 9.81. The van der Waals surface area contributed by atoms with Crippen molar-refractivity contribution in [1.82, 2.24) is 4.90 Å². The third kappa shape index (κ3) is 2.68. The van der Waals surface area contributed by atoms with Crippen LogP contribution >= 0.6 is 0 Å². The minimum absolute atomic E-state index is 0.00505. The number of nitrogens with two attached hydrogens (primary N) is 1. The first-order chi connectivity index (χ1) is 7.87. The maximum absolute atomic E-state index is 12.0. The Balaban J connectivity index is 2.02. The van der Waals surface area contributed by atoms with Crippen LogP contribution in [-0.2, 0) is 9.59 Å². The smallest absolute Gasteiger partial charge is 0.229 e. The summed E-state index contributed by atoms with van der Waals surface area (Å²) in [5.41, 5.74) is 5.57. The molecule has 0 aromatic carbocycles. The molecule has 1 saturated carbocycles. The summed E-state index contributed by atoms with van der Waals surface area (Å²) in [5, 5.41) is 0. The van der Waals surface area contributed by atoms with Crippen LogP contribution in [0.25, 0.3) is 0 Å². The molecule has 0 aromatic rings. The Morgan fingerprint density at radius 2 is 1.71 bits per heavy atom. The first-order valence-corrected chi connectivity index (χ1v) is 6.41. The minimum atomic E-state index is -0.171. The summed E-state index contributed by atoms with van der Waals surface area (Å²) in [6.45, 7) is 5.19. The van der Waals surface area contributed by atoms with E-state index in [2.05, 4.69) is 0 Å². The third-order valence-electron chi connectivity index (χ3n) is 3.99. The van der Waals surface area contributed by atoms with E-state index in [-0.39, 0.29) is 22.6 Å². The molecule has 1 saturated heterocycles. The van der Waals surface area contributed by atoms with E-state index in [1.54, 1.807) is 0 Å². The summed E-state index contributed by atoms with van der Waals surface area (Å²) < 4.78 is 0. The third-order valence-corrected chi connectivity index (χ3v) is 3.99. The fourth-order valence-corrected chi connectivity index (χ4v) is 2.69. The number of piperidine rings is 1. The second-order valence-corrected chi connectivity index (χ2v) is 6.43. The van der Waals surface area contributed by atoms with Gasteiger partial charge in [0.1, 0.15) is 0 Å². The molecule has 17 heavy (non-hydrogen) atoms. The molecule has 0 atom stereocenters. The van der Waals surface area contributed by atoms with E-state index < -0.39 is 0 Å². The largest absolute Gasteiger partial charge is 0.330 e. The van der Waals surface area contributed by atoms with Crippen LogP contribution in [0.3, 0.4) is 0 Å². The molecule has 0 unspecified atom stereocenters. The van der Waals surface area contributed by atoms with Crippen LogP contribution < -0.4 is 5.73 Å². The van der Waals surface area contributed by atoms with Gasteiger partial charge in [-0.25, -0.2) is 0 Å². The van der Waals surface area contributed by atoms with Crippen LogP contribution in [0.15, 0.2) is 0 Å². The quantitative estimate of drug-likeness (QED) is 0.751. The number of imide groups is 1. The van der Waals surface area contributed by atoms with Crippen LogP contribution in [0.2, 0.25) is 0 Å². The van der Waals surface area contributed by atoms with E-state index in [9.17, 15) is 9.59 Å². The number of amides is 2. The van der Waals surface area contributed by atoms with Crippen LogP contribution in [0, 0.1) is 10.8 Å². The number of carbonyl (C=O) groups is 2. The van der Waals surface area contributed by atoms with Gasteiger partial charge in [0.05, 0.1) is 0 Å². The zero-order valence-corrected chi connectivity index (χ0v) is 10.8. The number of carbonyl (C=O) groups excluding carboxylic acids is 2. The number of rotatable bonds is 4. The molecular weight excluding hydrogens is 216 g/mol. The number of nitrogens with zero attached hydrogens (tertiary/aromatic N) is 1. The first kappa shape index (κ1) is 12.6. The van der Waals surface area contributed by atoms with E-state index >= 15 is 0 Å². The molecule has 0 aromatic heterocycles. The maximum atomic E-state index is 12.0. The van der Waals surface area contributed by atoms with Crippen molar-refractivity contribution in [1.29, 1.82) is 0 Å². The molecule has 0 bridgehead atoms. The van der Waals surface area contributed by atoms with Crippen molar-refractivity contribution in [3.05, 3.63) is 0 Å². The SMILES string of the molecule is CC1(C)CC(=O)N(CC2(CCN)CC2)C(=O)C1. The van der Waals surface area contributed by atoms with Gasteiger partial charge in [-0.05, 0) is 36.6 Å². The van der Waals surface area contributed by atoms with Gasteiger partial charge in [0, 0.05) is 19.4 Å². The lowest BCUT2D eigenvalue weighted by Gasteiger charge is -2.36. The highest BCUT2D eigenvalue weighted by molar-refractivity contribution is 5.98. The summed E-state index contributed by atoms with van der Waals surface area (Å²) in [5.74, 6) is -0.0101. The Kier molecular flexibility index (Phi) is 3.02. The van der Waals surface area contributed by atoms with E-state index in [0.29, 0.717) is 25.9 Å². The molecule has 2 amide bonds. The van der Waals surface area contributed by atoms with Crippen molar-refractivity contribution in [2.24, 2.45) is 16.6 Å². The van der Waals surface area contributed by atoms with Gasteiger partial charge in [-0.1, -0.05) is 13.8 Å². The molecule has 2 N–H and O–H groups in total.